The van der Waals surface area contributed by atoms with Crippen LogP contribution in [0.4, 0.5) is 5.69 Å². The normalized spacial score (nSPS) is 16.0. The Morgan fingerprint density at radius 2 is 2.00 bits per heavy atom. The highest BCUT2D eigenvalue weighted by atomic mass is 16.5. The lowest BCUT2D eigenvalue weighted by Gasteiger charge is -2.28. The third kappa shape index (κ3) is 4.51. The van der Waals surface area contributed by atoms with E-state index in [-0.39, 0.29) is 17.4 Å². The molecule has 6 nitrogen and oxygen atoms in total. The number of amides is 1. The van der Waals surface area contributed by atoms with Crippen molar-refractivity contribution >= 4 is 17.6 Å². The Hall–Kier alpha value is -2.08. The van der Waals surface area contributed by atoms with Crippen LogP contribution in [0.3, 0.4) is 0 Å². The van der Waals surface area contributed by atoms with Crippen LogP contribution in [0.5, 0.6) is 5.75 Å². The standard InChI is InChI=1S/C19H27NO5/c1-5-11-25-19(3,13-7-8-13)18(22)20-14-9-10-16(24-6-2)15(12-14)17(21)23-4/h9-10,12-13H,5-8,11H2,1-4H3,(H,20,22)/t19-/m0/s1. The van der Waals surface area contributed by atoms with E-state index in [4.69, 9.17) is 14.2 Å². The van der Waals surface area contributed by atoms with Gasteiger partial charge in [-0.3, -0.25) is 4.79 Å². The number of carbonyl (C=O) groups is 2. The average molecular weight is 349 g/mol. The van der Waals surface area contributed by atoms with Crippen molar-refractivity contribution in [3.8, 4) is 5.75 Å². The molecule has 1 aromatic rings. The lowest BCUT2D eigenvalue weighted by atomic mass is 9.98. The summed E-state index contributed by atoms with van der Waals surface area (Å²) in [7, 11) is 1.31. The largest absolute Gasteiger partial charge is 0.493 e. The Bertz CT molecular complexity index is 626. The molecule has 0 radical (unpaired) electrons. The van der Waals surface area contributed by atoms with Gasteiger partial charge in [0.2, 0.25) is 0 Å². The van der Waals surface area contributed by atoms with Gasteiger partial charge in [0.1, 0.15) is 16.9 Å². The summed E-state index contributed by atoms with van der Waals surface area (Å²) in [5, 5.41) is 2.87. The molecule has 0 aromatic heterocycles. The number of benzene rings is 1. The molecule has 1 aliphatic carbocycles. The third-order valence-electron chi connectivity index (χ3n) is 4.36. The minimum Gasteiger partial charge on any atom is -0.493 e. The molecule has 1 saturated carbocycles. The SMILES string of the molecule is CCCO[C@](C)(C(=O)Nc1ccc(OCC)c(C(=O)OC)c1)C1CC1. The zero-order valence-corrected chi connectivity index (χ0v) is 15.4. The summed E-state index contributed by atoms with van der Waals surface area (Å²) in [5.41, 5.74) is -0.0504. The maximum Gasteiger partial charge on any atom is 0.341 e. The summed E-state index contributed by atoms with van der Waals surface area (Å²) in [6.45, 7) is 6.66. The van der Waals surface area contributed by atoms with Crippen LogP contribution in [-0.2, 0) is 14.3 Å². The van der Waals surface area contributed by atoms with Gasteiger partial charge in [0.25, 0.3) is 5.91 Å². The van der Waals surface area contributed by atoms with Crippen LogP contribution in [-0.4, -0.2) is 37.8 Å². The van der Waals surface area contributed by atoms with Crippen molar-refractivity contribution in [3.63, 3.8) is 0 Å². The van der Waals surface area contributed by atoms with Gasteiger partial charge in [0.15, 0.2) is 0 Å². The molecular weight excluding hydrogens is 322 g/mol. The van der Waals surface area contributed by atoms with Gasteiger partial charge in [0.05, 0.1) is 13.7 Å². The zero-order valence-electron chi connectivity index (χ0n) is 15.4. The second kappa shape index (κ2) is 8.34. The summed E-state index contributed by atoms with van der Waals surface area (Å²) in [4.78, 5) is 24.8. The molecule has 0 bridgehead atoms. The van der Waals surface area contributed by atoms with Gasteiger partial charge in [-0.05, 0) is 57.2 Å². The van der Waals surface area contributed by atoms with Crippen LogP contribution in [0.1, 0.15) is 50.4 Å². The molecule has 0 unspecified atom stereocenters. The molecule has 0 spiro atoms. The topological polar surface area (TPSA) is 73.9 Å². The zero-order chi connectivity index (χ0) is 18.4. The highest BCUT2D eigenvalue weighted by Crippen LogP contribution is 2.42. The summed E-state index contributed by atoms with van der Waals surface area (Å²) in [5.74, 6) is -0.0310. The molecule has 138 valence electrons. The minimum absolute atomic E-state index is 0.191. The molecule has 1 atom stereocenters. The predicted molar refractivity (Wildman–Crippen MR) is 95.0 cm³/mol. The van der Waals surface area contributed by atoms with E-state index in [1.807, 2.05) is 20.8 Å². The Morgan fingerprint density at radius 1 is 1.28 bits per heavy atom. The van der Waals surface area contributed by atoms with Crippen molar-refractivity contribution in [3.05, 3.63) is 23.8 Å². The number of ether oxygens (including phenoxy) is 3. The first-order chi connectivity index (χ1) is 12.0. The number of nitrogens with one attached hydrogen (secondary N) is 1. The summed E-state index contributed by atoms with van der Waals surface area (Å²) < 4.78 is 16.1. The predicted octanol–water partition coefficient (Wildman–Crippen LogP) is 3.41. The van der Waals surface area contributed by atoms with Crippen LogP contribution in [0.2, 0.25) is 0 Å². The van der Waals surface area contributed by atoms with Crippen LogP contribution >= 0.6 is 0 Å². The Kier molecular flexibility index (Phi) is 6.42. The molecule has 0 aliphatic heterocycles. The van der Waals surface area contributed by atoms with Crippen molar-refractivity contribution < 1.29 is 23.8 Å². The van der Waals surface area contributed by atoms with Crippen molar-refractivity contribution in [2.45, 2.75) is 45.6 Å². The smallest absolute Gasteiger partial charge is 0.341 e. The van der Waals surface area contributed by atoms with E-state index < -0.39 is 11.6 Å². The minimum atomic E-state index is -0.847. The Morgan fingerprint density at radius 3 is 2.56 bits per heavy atom. The van der Waals surface area contributed by atoms with Gasteiger partial charge in [0, 0.05) is 12.3 Å². The second-order valence-electron chi connectivity index (χ2n) is 6.32. The fourth-order valence-electron chi connectivity index (χ4n) is 2.73. The molecule has 1 N–H and O–H groups in total. The quantitative estimate of drug-likeness (QED) is 0.692. The van der Waals surface area contributed by atoms with Gasteiger partial charge in [-0.1, -0.05) is 6.92 Å². The van der Waals surface area contributed by atoms with Crippen LogP contribution in [0.15, 0.2) is 18.2 Å². The lowest BCUT2D eigenvalue weighted by Crippen LogP contribution is -2.45. The van der Waals surface area contributed by atoms with E-state index in [0.29, 0.717) is 24.7 Å². The summed E-state index contributed by atoms with van der Waals surface area (Å²) in [6.07, 6.45) is 2.83. The fourth-order valence-corrected chi connectivity index (χ4v) is 2.73. The molecule has 0 saturated heterocycles. The highest BCUT2D eigenvalue weighted by Gasteiger charge is 2.48. The van der Waals surface area contributed by atoms with Crippen molar-refractivity contribution in [2.24, 2.45) is 5.92 Å². The fraction of sp³-hybridized carbons (Fsp3) is 0.579. The summed E-state index contributed by atoms with van der Waals surface area (Å²) in [6, 6.07) is 4.94. The van der Waals surface area contributed by atoms with Gasteiger partial charge >= 0.3 is 5.97 Å². The first-order valence-corrected chi connectivity index (χ1v) is 8.76. The van der Waals surface area contributed by atoms with Crippen LogP contribution < -0.4 is 10.1 Å². The van der Waals surface area contributed by atoms with E-state index in [0.717, 1.165) is 19.3 Å². The molecule has 0 heterocycles. The van der Waals surface area contributed by atoms with Crippen molar-refractivity contribution in [1.82, 2.24) is 0 Å². The number of rotatable bonds is 9. The number of hydrogen-bond acceptors (Lipinski definition) is 5. The summed E-state index contributed by atoms with van der Waals surface area (Å²) >= 11 is 0. The Labute approximate surface area is 148 Å². The molecular formula is C19H27NO5. The number of methoxy groups -OCH3 is 1. The number of esters is 1. The first-order valence-electron chi connectivity index (χ1n) is 8.76. The van der Waals surface area contributed by atoms with Crippen molar-refractivity contribution in [1.29, 1.82) is 0 Å². The number of carbonyl (C=O) groups excluding carboxylic acids is 2. The third-order valence-corrected chi connectivity index (χ3v) is 4.36. The average Bonchev–Trinajstić information content (AvgIpc) is 3.45. The highest BCUT2D eigenvalue weighted by molar-refractivity contribution is 5.99. The molecule has 25 heavy (non-hydrogen) atoms. The second-order valence-corrected chi connectivity index (χ2v) is 6.32. The van der Waals surface area contributed by atoms with E-state index in [9.17, 15) is 9.59 Å². The monoisotopic (exact) mass is 349 g/mol. The van der Waals surface area contributed by atoms with Gasteiger partial charge in [-0.25, -0.2) is 4.79 Å². The molecule has 1 aliphatic rings. The van der Waals surface area contributed by atoms with E-state index in [1.165, 1.54) is 7.11 Å². The maximum absolute atomic E-state index is 12.8. The van der Waals surface area contributed by atoms with Gasteiger partial charge in [-0.2, -0.15) is 0 Å². The van der Waals surface area contributed by atoms with E-state index in [2.05, 4.69) is 5.32 Å². The molecule has 1 aromatic carbocycles. The van der Waals surface area contributed by atoms with Crippen LogP contribution in [0, 0.1) is 5.92 Å². The molecule has 6 heteroatoms. The lowest BCUT2D eigenvalue weighted by molar-refractivity contribution is -0.142. The Balaban J connectivity index is 2.20. The molecule has 1 amide bonds. The van der Waals surface area contributed by atoms with Crippen molar-refractivity contribution in [2.75, 3.05) is 25.6 Å². The van der Waals surface area contributed by atoms with E-state index >= 15 is 0 Å². The van der Waals surface area contributed by atoms with Crippen LogP contribution in [0.25, 0.3) is 0 Å². The molecule has 1 fully saturated rings. The van der Waals surface area contributed by atoms with E-state index in [1.54, 1.807) is 18.2 Å². The maximum atomic E-state index is 12.8. The number of hydrogen-bond donors (Lipinski definition) is 1. The van der Waals surface area contributed by atoms with Gasteiger partial charge in [-0.15, -0.1) is 0 Å². The number of anilines is 1. The molecule has 2 rings (SSSR count). The first kappa shape index (κ1) is 19.2. The van der Waals surface area contributed by atoms with Gasteiger partial charge < -0.3 is 19.5 Å².